The molecule has 8 heteroatoms. The van der Waals surface area contributed by atoms with Crippen LogP contribution in [0.15, 0.2) is 91.0 Å². The van der Waals surface area contributed by atoms with Crippen molar-refractivity contribution < 1.29 is 24.0 Å². The molecular weight excluding hydrogens is 673 g/mol. The van der Waals surface area contributed by atoms with Crippen molar-refractivity contribution in [2.24, 2.45) is 11.8 Å². The van der Waals surface area contributed by atoms with Crippen LogP contribution in [0, 0.1) is 11.8 Å². The Bertz CT molecular complexity index is 1600. The number of β-amino-alcohol motifs (C(OH)–C–C–N with tert-alkyl or cyclic N) is 1. The van der Waals surface area contributed by atoms with Crippen molar-refractivity contribution in [3.05, 3.63) is 108 Å². The number of benzene rings is 3. The summed E-state index contributed by atoms with van der Waals surface area (Å²) in [5.74, 6) is 0.741. The van der Waals surface area contributed by atoms with Crippen LogP contribution < -0.4 is 5.32 Å². The van der Waals surface area contributed by atoms with Crippen molar-refractivity contribution in [2.45, 2.75) is 101 Å². The maximum Gasteiger partial charge on any atom is 0.246 e. The van der Waals surface area contributed by atoms with Crippen LogP contribution >= 0.6 is 0 Å². The van der Waals surface area contributed by atoms with Gasteiger partial charge in [0.05, 0.1) is 38.2 Å². The van der Waals surface area contributed by atoms with Gasteiger partial charge in [0.15, 0.2) is 0 Å². The van der Waals surface area contributed by atoms with Gasteiger partial charge in [0.2, 0.25) is 17.7 Å². The quantitative estimate of drug-likeness (QED) is 0.138. The number of hydrogen-bond donors (Lipinski definition) is 2. The largest absolute Gasteiger partial charge is 0.391 e. The molecule has 3 aromatic carbocycles. The summed E-state index contributed by atoms with van der Waals surface area (Å²) in [4.78, 5) is 46.3. The molecule has 3 heterocycles. The van der Waals surface area contributed by atoms with Crippen LogP contribution in [-0.2, 0) is 19.8 Å². The molecule has 3 aliphatic heterocycles. The van der Waals surface area contributed by atoms with Gasteiger partial charge < -0.3 is 24.7 Å². The summed E-state index contributed by atoms with van der Waals surface area (Å²) >= 11 is 0. The lowest BCUT2D eigenvalue weighted by molar-refractivity contribution is -0.920. The van der Waals surface area contributed by atoms with Crippen LogP contribution in [0.3, 0.4) is 0 Å². The van der Waals surface area contributed by atoms with Crippen LogP contribution in [0.5, 0.6) is 0 Å². The molecule has 3 amide bonds. The number of carbonyl (C=O) groups excluding carboxylic acids is 3. The van der Waals surface area contributed by atoms with Crippen molar-refractivity contribution in [3.63, 3.8) is 0 Å². The van der Waals surface area contributed by atoms with Gasteiger partial charge in [0, 0.05) is 44.3 Å². The zero-order chi connectivity index (χ0) is 37.5. The van der Waals surface area contributed by atoms with Crippen molar-refractivity contribution in [3.8, 4) is 0 Å². The van der Waals surface area contributed by atoms with Gasteiger partial charge in [0.25, 0.3) is 0 Å². The first kappa shape index (κ1) is 38.3. The normalized spacial score (nSPS) is 26.7. The summed E-state index contributed by atoms with van der Waals surface area (Å²) in [7, 11) is 2.42. The summed E-state index contributed by atoms with van der Waals surface area (Å²) < 4.78 is 1.10. The zero-order valence-corrected chi connectivity index (χ0v) is 32.3. The first-order valence-corrected chi connectivity index (χ1v) is 20.8. The van der Waals surface area contributed by atoms with Gasteiger partial charge in [-0.25, -0.2) is 0 Å². The number of hydrogen-bond acceptors (Lipinski definition) is 4. The summed E-state index contributed by atoms with van der Waals surface area (Å²) in [5.41, 5.74) is 2.13. The topological polar surface area (TPSA) is 89.9 Å². The fourth-order valence-corrected chi connectivity index (χ4v) is 10.6. The number of rotatable bonds is 11. The molecule has 2 N–H and O–H groups in total. The third kappa shape index (κ3) is 8.45. The number of quaternary nitrogens is 1. The minimum Gasteiger partial charge on any atom is -0.391 e. The molecular formula is C46H61N4O4+. The molecule has 0 spiro atoms. The lowest BCUT2D eigenvalue weighted by Gasteiger charge is -2.43. The van der Waals surface area contributed by atoms with Gasteiger partial charge in [-0.2, -0.15) is 0 Å². The van der Waals surface area contributed by atoms with E-state index < -0.39 is 23.6 Å². The Morgan fingerprint density at radius 2 is 1.30 bits per heavy atom. The Kier molecular flexibility index (Phi) is 12.2. The number of likely N-dealkylation sites (tertiary alicyclic amines) is 3. The number of carbonyl (C=O) groups is 3. The first-order valence-electron chi connectivity index (χ1n) is 20.8. The Balaban J connectivity index is 1.05. The van der Waals surface area contributed by atoms with Crippen LogP contribution in [-0.4, -0.2) is 102 Å². The number of piperidine rings is 1. The number of amides is 3. The monoisotopic (exact) mass is 733 g/mol. The molecule has 0 radical (unpaired) electrons. The highest BCUT2D eigenvalue weighted by Gasteiger charge is 2.47. The van der Waals surface area contributed by atoms with Crippen LogP contribution in [0.1, 0.15) is 93.7 Å². The molecule has 5 atom stereocenters. The average molecular weight is 734 g/mol. The zero-order valence-electron chi connectivity index (χ0n) is 32.3. The van der Waals surface area contributed by atoms with E-state index in [2.05, 4.69) is 48.8 Å². The first-order chi connectivity index (χ1) is 26.3. The molecule has 0 bridgehead atoms. The predicted octanol–water partition coefficient (Wildman–Crippen LogP) is 6.31. The van der Waals surface area contributed by atoms with E-state index in [4.69, 9.17) is 0 Å². The highest BCUT2D eigenvalue weighted by molar-refractivity contribution is 5.93. The standard InChI is InChI=1S/C46H60N4O4/c1-50(33-35-17-7-2-3-8-18-35)28-16-19-36(34-50)31-47-44(53)41-26-15-27-48(41)45(54)42-29-40(51)32-49(42)43(52)30-46(37-20-9-4-10-21-37,38-22-11-5-12-23-38)39-24-13-6-14-25-39/h4-6,9-14,20-25,35-36,40-42,51H,2-3,7-8,15-19,26-34H2,1H3/p+1/t36-,40-,41-,42+,50?/m1/s1. The summed E-state index contributed by atoms with van der Waals surface area (Å²) in [6, 6.07) is 28.9. The molecule has 4 fully saturated rings. The Labute approximate surface area is 322 Å². The van der Waals surface area contributed by atoms with Crippen LogP contribution in [0.4, 0.5) is 0 Å². The van der Waals surface area contributed by atoms with Crippen LogP contribution in [0.2, 0.25) is 0 Å². The van der Waals surface area contributed by atoms with Gasteiger partial charge in [0.1, 0.15) is 12.1 Å². The second kappa shape index (κ2) is 17.2. The minimum atomic E-state index is -0.818. The Morgan fingerprint density at radius 1 is 0.722 bits per heavy atom. The van der Waals surface area contributed by atoms with E-state index in [0.29, 0.717) is 25.4 Å². The molecule has 1 unspecified atom stereocenters. The number of nitrogens with zero attached hydrogens (tertiary/aromatic N) is 3. The maximum atomic E-state index is 14.7. The van der Waals surface area contributed by atoms with Crippen molar-refractivity contribution in [1.29, 1.82) is 0 Å². The lowest BCUT2D eigenvalue weighted by Crippen LogP contribution is -2.56. The minimum absolute atomic E-state index is 0.0860. The van der Waals surface area contributed by atoms with Gasteiger partial charge in [-0.1, -0.05) is 117 Å². The number of aliphatic hydroxyl groups is 1. The molecule has 7 rings (SSSR count). The van der Waals surface area contributed by atoms with E-state index in [-0.39, 0.29) is 37.1 Å². The van der Waals surface area contributed by atoms with Crippen molar-refractivity contribution >= 4 is 17.7 Å². The molecule has 1 aliphatic carbocycles. The third-order valence-electron chi connectivity index (χ3n) is 13.2. The van der Waals surface area contributed by atoms with E-state index >= 15 is 0 Å². The molecule has 54 heavy (non-hydrogen) atoms. The Morgan fingerprint density at radius 3 is 1.89 bits per heavy atom. The Hall–Kier alpha value is -4.01. The van der Waals surface area contributed by atoms with Crippen molar-refractivity contribution in [1.82, 2.24) is 15.1 Å². The predicted molar refractivity (Wildman–Crippen MR) is 212 cm³/mol. The highest BCUT2D eigenvalue weighted by Crippen LogP contribution is 2.43. The molecule has 4 aliphatic rings. The van der Waals surface area contributed by atoms with Gasteiger partial charge in [-0.05, 0) is 55.2 Å². The molecule has 3 saturated heterocycles. The summed E-state index contributed by atoms with van der Waals surface area (Å²) in [6.45, 7) is 4.78. The highest BCUT2D eigenvalue weighted by atomic mass is 16.3. The maximum absolute atomic E-state index is 14.7. The number of aliphatic hydroxyl groups excluding tert-OH is 1. The van der Waals surface area contributed by atoms with E-state index in [1.165, 1.54) is 58.0 Å². The molecule has 8 nitrogen and oxygen atoms in total. The lowest BCUT2D eigenvalue weighted by atomic mass is 9.67. The third-order valence-corrected chi connectivity index (χ3v) is 13.2. The summed E-state index contributed by atoms with van der Waals surface area (Å²) in [5, 5.41) is 14.3. The van der Waals surface area contributed by atoms with E-state index in [1.54, 1.807) is 9.80 Å². The fraction of sp³-hybridized carbons (Fsp3) is 0.543. The average Bonchev–Trinajstić information content (AvgIpc) is 3.77. The fourth-order valence-electron chi connectivity index (χ4n) is 10.6. The van der Waals surface area contributed by atoms with E-state index in [9.17, 15) is 19.5 Å². The van der Waals surface area contributed by atoms with Crippen molar-refractivity contribution in [2.75, 3.05) is 46.3 Å². The molecule has 3 aromatic rings. The van der Waals surface area contributed by atoms with Gasteiger partial charge >= 0.3 is 0 Å². The van der Waals surface area contributed by atoms with Gasteiger partial charge in [-0.15, -0.1) is 0 Å². The van der Waals surface area contributed by atoms with Crippen LogP contribution in [0.25, 0.3) is 0 Å². The number of nitrogens with one attached hydrogen (secondary N) is 1. The smallest absolute Gasteiger partial charge is 0.246 e. The summed E-state index contributed by atoms with van der Waals surface area (Å²) in [6.07, 6.45) is 11.3. The van der Waals surface area contributed by atoms with E-state index in [0.717, 1.165) is 46.5 Å². The van der Waals surface area contributed by atoms with Gasteiger partial charge in [-0.3, -0.25) is 14.4 Å². The molecule has 1 saturated carbocycles. The second-order valence-corrected chi connectivity index (χ2v) is 17.1. The second-order valence-electron chi connectivity index (χ2n) is 17.1. The molecule has 0 aromatic heterocycles. The van der Waals surface area contributed by atoms with E-state index in [1.807, 2.05) is 54.6 Å². The molecule has 288 valence electrons. The SMILES string of the molecule is C[N+]1(CC2CCCCCC2)CCC[C@H](CNC(=O)[C@H]2CCCN2C(=O)[C@@H]2C[C@@H](O)CN2C(=O)CC(c2ccccc2)(c2ccccc2)c2ccccc2)C1.